The summed E-state index contributed by atoms with van der Waals surface area (Å²) in [5.74, 6) is 0.506. The predicted molar refractivity (Wildman–Crippen MR) is 81.9 cm³/mol. The van der Waals surface area contributed by atoms with Gasteiger partial charge >= 0.3 is 15.4 Å². The molecule has 0 radical (unpaired) electrons. The molecule has 2 rings (SSSR count). The van der Waals surface area contributed by atoms with Gasteiger partial charge in [0.25, 0.3) is 0 Å². The molecule has 0 bridgehead atoms. The monoisotopic (exact) mass is 315 g/mol. The average molecular weight is 315 g/mol. The van der Waals surface area contributed by atoms with Gasteiger partial charge in [0.1, 0.15) is 6.61 Å². The van der Waals surface area contributed by atoms with Gasteiger partial charge in [0.2, 0.25) is 0 Å². The topological polar surface area (TPSA) is 65.0 Å². The first-order valence-electron chi connectivity index (χ1n) is 7.55. The van der Waals surface area contributed by atoms with Crippen molar-refractivity contribution in [3.05, 3.63) is 11.5 Å². The summed E-state index contributed by atoms with van der Waals surface area (Å²) >= 11 is 0. The Morgan fingerprint density at radius 1 is 1.38 bits per heavy atom. The van der Waals surface area contributed by atoms with Crippen LogP contribution < -0.4 is 0 Å². The molecule has 1 heterocycles. The highest BCUT2D eigenvalue weighted by atomic mass is 31.1. The lowest BCUT2D eigenvalue weighted by Crippen LogP contribution is -2.41. The van der Waals surface area contributed by atoms with E-state index in [1.54, 1.807) is 0 Å². The van der Waals surface area contributed by atoms with Crippen molar-refractivity contribution < 1.29 is 23.3 Å². The molecule has 21 heavy (non-hydrogen) atoms. The van der Waals surface area contributed by atoms with Crippen LogP contribution in [0.25, 0.3) is 0 Å². The van der Waals surface area contributed by atoms with E-state index in [2.05, 4.69) is 33.8 Å². The first-order valence-corrected chi connectivity index (χ1v) is 8.68. The van der Waals surface area contributed by atoms with Crippen LogP contribution in [0.4, 0.5) is 0 Å². The van der Waals surface area contributed by atoms with Crippen molar-refractivity contribution >= 4 is 15.4 Å². The summed E-state index contributed by atoms with van der Waals surface area (Å²) in [5, 5.41) is 0. The molecule has 0 amide bonds. The standard InChI is InChI=1S/C14H24BO5P/c1-13(2)14(3,4)20-15(19-13)12-7-5-11(6-8-12)9-10-18-21(16)17/h7,11H,5-6,8-10H2,1-4H3/p+1. The molecule has 0 spiro atoms. The van der Waals surface area contributed by atoms with E-state index in [0.29, 0.717) is 12.5 Å². The summed E-state index contributed by atoms with van der Waals surface area (Å²) in [7, 11) is -2.71. The van der Waals surface area contributed by atoms with E-state index in [9.17, 15) is 4.57 Å². The van der Waals surface area contributed by atoms with Crippen molar-refractivity contribution in [1.29, 1.82) is 0 Å². The smallest absolute Gasteiger partial charge is 0.400 e. The molecule has 2 unspecified atom stereocenters. The Balaban J connectivity index is 1.85. The van der Waals surface area contributed by atoms with Gasteiger partial charge in [0.05, 0.1) is 11.2 Å². The third kappa shape index (κ3) is 4.14. The number of rotatable bonds is 5. The Kier molecular flexibility index (Phi) is 5.27. The molecule has 1 saturated heterocycles. The van der Waals surface area contributed by atoms with Gasteiger partial charge in [-0.15, -0.1) is 9.42 Å². The minimum atomic E-state index is -2.47. The van der Waals surface area contributed by atoms with Crippen molar-refractivity contribution in [2.24, 2.45) is 5.92 Å². The minimum Gasteiger partial charge on any atom is -0.400 e. The van der Waals surface area contributed by atoms with Crippen LogP contribution >= 0.6 is 8.25 Å². The zero-order valence-electron chi connectivity index (χ0n) is 13.3. The van der Waals surface area contributed by atoms with Gasteiger partial charge in [-0.2, -0.15) is 0 Å². The maximum Gasteiger partial charge on any atom is 0.694 e. The van der Waals surface area contributed by atoms with Gasteiger partial charge in [-0.25, -0.2) is 0 Å². The van der Waals surface area contributed by atoms with Gasteiger partial charge in [-0.3, -0.25) is 0 Å². The zero-order valence-corrected chi connectivity index (χ0v) is 14.2. The Labute approximate surface area is 128 Å². The summed E-state index contributed by atoms with van der Waals surface area (Å²) in [6, 6.07) is 0. The minimum absolute atomic E-state index is 0.237. The summed E-state index contributed by atoms with van der Waals surface area (Å²) in [4.78, 5) is 8.61. The Bertz CT molecular complexity index is 419. The highest BCUT2D eigenvalue weighted by molar-refractivity contribution is 7.32. The summed E-state index contributed by atoms with van der Waals surface area (Å²) < 4.78 is 27.3. The van der Waals surface area contributed by atoms with E-state index in [-0.39, 0.29) is 18.3 Å². The Hall–Kier alpha value is -0.255. The van der Waals surface area contributed by atoms with Crippen molar-refractivity contribution in [2.45, 2.75) is 64.6 Å². The summed E-state index contributed by atoms with van der Waals surface area (Å²) in [6.45, 7) is 8.59. The number of hydrogen-bond donors (Lipinski definition) is 1. The number of allylic oxidation sites excluding steroid dienone is 2. The highest BCUT2D eigenvalue weighted by Gasteiger charge is 2.52. The molecule has 7 heteroatoms. The third-order valence-electron chi connectivity index (χ3n) is 4.84. The quantitative estimate of drug-likeness (QED) is 0.622. The molecule has 1 aliphatic carbocycles. The molecule has 2 aliphatic rings. The average Bonchev–Trinajstić information content (AvgIpc) is 2.59. The SMILES string of the molecule is CC1(C)OB(C2=CCC(CCO[P+](=O)O)CC2)OC1(C)C. The van der Waals surface area contributed by atoms with Crippen molar-refractivity contribution in [1.82, 2.24) is 0 Å². The molecule has 1 N–H and O–H groups in total. The molecule has 0 saturated carbocycles. The van der Waals surface area contributed by atoms with Gasteiger partial charge in [0, 0.05) is 4.57 Å². The Morgan fingerprint density at radius 2 is 2.00 bits per heavy atom. The predicted octanol–water partition coefficient (Wildman–Crippen LogP) is 3.40. The van der Waals surface area contributed by atoms with E-state index < -0.39 is 8.25 Å². The van der Waals surface area contributed by atoms with Gasteiger partial charge in [0.15, 0.2) is 0 Å². The maximum absolute atomic E-state index is 10.5. The van der Waals surface area contributed by atoms with Gasteiger partial charge in [-0.05, 0) is 64.8 Å². The Morgan fingerprint density at radius 3 is 2.48 bits per heavy atom. The van der Waals surface area contributed by atoms with Crippen LogP contribution in [-0.4, -0.2) is 29.8 Å². The zero-order chi connectivity index (χ0) is 15.7. The fourth-order valence-corrected chi connectivity index (χ4v) is 2.94. The van der Waals surface area contributed by atoms with Crippen molar-refractivity contribution in [2.75, 3.05) is 6.61 Å². The maximum atomic E-state index is 10.5. The van der Waals surface area contributed by atoms with Crippen molar-refractivity contribution in [3.8, 4) is 0 Å². The van der Waals surface area contributed by atoms with E-state index in [0.717, 1.165) is 25.7 Å². The van der Waals surface area contributed by atoms with E-state index >= 15 is 0 Å². The van der Waals surface area contributed by atoms with Crippen molar-refractivity contribution in [3.63, 3.8) is 0 Å². The molecular weight excluding hydrogens is 290 g/mol. The molecule has 0 aromatic carbocycles. The van der Waals surface area contributed by atoms with Crippen LogP contribution in [0.3, 0.4) is 0 Å². The lowest BCUT2D eigenvalue weighted by atomic mass is 9.70. The van der Waals surface area contributed by atoms with Crippen LogP contribution in [0.5, 0.6) is 0 Å². The molecule has 5 nitrogen and oxygen atoms in total. The second-order valence-electron chi connectivity index (χ2n) is 6.87. The highest BCUT2D eigenvalue weighted by Crippen LogP contribution is 2.40. The second kappa shape index (κ2) is 6.47. The second-order valence-corrected chi connectivity index (χ2v) is 7.60. The fraction of sp³-hybridized carbons (Fsp3) is 0.857. The van der Waals surface area contributed by atoms with Gasteiger partial charge < -0.3 is 9.31 Å². The first-order chi connectivity index (χ1) is 9.71. The molecule has 1 fully saturated rings. The van der Waals surface area contributed by atoms with Crippen LogP contribution in [0.15, 0.2) is 11.5 Å². The molecule has 2 atom stereocenters. The normalized spacial score (nSPS) is 28.4. The van der Waals surface area contributed by atoms with E-state index in [4.69, 9.17) is 18.7 Å². The van der Waals surface area contributed by atoms with Crippen LogP contribution in [0, 0.1) is 5.92 Å². The molecular formula is C14H25BO5P+. The van der Waals surface area contributed by atoms with Crippen LogP contribution in [0.1, 0.15) is 53.4 Å². The van der Waals surface area contributed by atoms with Crippen LogP contribution in [-0.2, 0) is 18.4 Å². The molecule has 0 aromatic heterocycles. The third-order valence-corrected chi connectivity index (χ3v) is 5.24. The lowest BCUT2D eigenvalue weighted by molar-refractivity contribution is 0.00578. The van der Waals surface area contributed by atoms with E-state index in [1.807, 2.05) is 0 Å². The molecule has 1 aliphatic heterocycles. The summed E-state index contributed by atoms with van der Waals surface area (Å²) in [5.41, 5.74) is 0.629. The molecule has 0 aromatic rings. The fourth-order valence-electron chi connectivity index (χ4n) is 2.68. The molecule has 118 valence electrons. The van der Waals surface area contributed by atoms with Crippen LogP contribution in [0.2, 0.25) is 0 Å². The number of hydrogen-bond acceptors (Lipinski definition) is 4. The van der Waals surface area contributed by atoms with Gasteiger partial charge in [-0.1, -0.05) is 6.08 Å². The summed E-state index contributed by atoms with van der Waals surface area (Å²) in [6.07, 6.45) is 5.96. The largest absolute Gasteiger partial charge is 0.694 e. The van der Waals surface area contributed by atoms with E-state index in [1.165, 1.54) is 5.47 Å². The lowest BCUT2D eigenvalue weighted by Gasteiger charge is -2.32. The first kappa shape index (κ1) is 17.1.